The molecule has 6 nitrogen and oxygen atoms in total. The highest BCUT2D eigenvalue weighted by atomic mass is 16.5. The van der Waals surface area contributed by atoms with Gasteiger partial charge in [0.25, 0.3) is 5.91 Å². The van der Waals surface area contributed by atoms with Gasteiger partial charge in [0, 0.05) is 23.4 Å². The first-order chi connectivity index (χ1) is 13.7. The van der Waals surface area contributed by atoms with Crippen LogP contribution < -0.4 is 14.8 Å². The minimum atomic E-state index is -0.169. The van der Waals surface area contributed by atoms with Crippen molar-refractivity contribution >= 4 is 5.91 Å². The fraction of sp³-hybridized carbons (Fsp3) is 0.273. The maximum absolute atomic E-state index is 12.9. The van der Waals surface area contributed by atoms with E-state index in [4.69, 9.17) is 9.47 Å². The smallest absolute Gasteiger partial charge is 0.272 e. The molecular weight excluding hydrogens is 354 g/mol. The minimum absolute atomic E-state index is 0.169. The molecule has 0 saturated heterocycles. The molecule has 0 fully saturated rings. The van der Waals surface area contributed by atoms with Crippen molar-refractivity contribution in [1.29, 1.82) is 0 Å². The van der Waals surface area contributed by atoms with Gasteiger partial charge in [-0.1, -0.05) is 18.2 Å². The molecule has 2 aromatic carbocycles. The Labute approximate surface area is 164 Å². The van der Waals surface area contributed by atoms with E-state index in [1.54, 1.807) is 14.2 Å². The molecule has 1 aliphatic rings. The van der Waals surface area contributed by atoms with E-state index >= 15 is 0 Å². The summed E-state index contributed by atoms with van der Waals surface area (Å²) in [5.41, 5.74) is 4.54. The molecular formula is C22H23N3O3. The third kappa shape index (κ3) is 3.33. The summed E-state index contributed by atoms with van der Waals surface area (Å²) in [7, 11) is 3.23. The number of rotatable bonds is 6. The quantitative estimate of drug-likeness (QED) is 0.716. The molecule has 0 atom stereocenters. The van der Waals surface area contributed by atoms with Crippen LogP contribution in [-0.2, 0) is 19.4 Å². The summed E-state index contributed by atoms with van der Waals surface area (Å²) < 4.78 is 12.6. The molecule has 0 spiro atoms. The second-order valence-electron chi connectivity index (χ2n) is 6.74. The number of nitrogens with zero attached hydrogens (tertiary/aromatic N) is 2. The number of para-hydroxylation sites is 1. The predicted octanol–water partition coefficient (Wildman–Crippen LogP) is 3.31. The Bertz CT molecular complexity index is 996. The van der Waals surface area contributed by atoms with Gasteiger partial charge in [-0.3, -0.25) is 4.79 Å². The van der Waals surface area contributed by atoms with Crippen LogP contribution in [0.25, 0.3) is 5.69 Å². The van der Waals surface area contributed by atoms with Crippen LogP contribution in [0.3, 0.4) is 0 Å². The van der Waals surface area contributed by atoms with Gasteiger partial charge in [-0.15, -0.1) is 0 Å². The monoisotopic (exact) mass is 377 g/mol. The third-order valence-electron chi connectivity index (χ3n) is 5.07. The highest BCUT2D eigenvalue weighted by Gasteiger charge is 2.26. The maximum atomic E-state index is 12.9. The molecule has 4 rings (SSSR count). The van der Waals surface area contributed by atoms with Crippen molar-refractivity contribution in [1.82, 2.24) is 15.1 Å². The van der Waals surface area contributed by atoms with Crippen molar-refractivity contribution in [3.8, 4) is 17.2 Å². The fourth-order valence-electron chi connectivity index (χ4n) is 3.68. The fourth-order valence-corrected chi connectivity index (χ4v) is 3.68. The van der Waals surface area contributed by atoms with Gasteiger partial charge in [-0.2, -0.15) is 5.10 Å². The lowest BCUT2D eigenvalue weighted by molar-refractivity contribution is 0.0944. The number of carbonyl (C=O) groups excluding carboxylic acids is 1. The van der Waals surface area contributed by atoms with Crippen LogP contribution in [0, 0.1) is 0 Å². The number of nitrogens with one attached hydrogen (secondary N) is 1. The summed E-state index contributed by atoms with van der Waals surface area (Å²) >= 11 is 0. The third-order valence-corrected chi connectivity index (χ3v) is 5.07. The molecule has 1 aromatic heterocycles. The second-order valence-corrected chi connectivity index (χ2v) is 6.74. The van der Waals surface area contributed by atoms with E-state index in [1.165, 1.54) is 0 Å². The Morgan fingerprint density at radius 2 is 1.93 bits per heavy atom. The zero-order chi connectivity index (χ0) is 19.5. The Morgan fingerprint density at radius 3 is 2.68 bits per heavy atom. The number of aromatic nitrogens is 2. The highest BCUT2D eigenvalue weighted by molar-refractivity contribution is 5.94. The van der Waals surface area contributed by atoms with Crippen molar-refractivity contribution < 1.29 is 14.3 Å². The van der Waals surface area contributed by atoms with E-state index in [9.17, 15) is 4.79 Å². The van der Waals surface area contributed by atoms with Gasteiger partial charge in [0.05, 0.1) is 19.9 Å². The summed E-state index contributed by atoms with van der Waals surface area (Å²) in [5.74, 6) is 1.26. The van der Waals surface area contributed by atoms with Crippen LogP contribution in [0.5, 0.6) is 11.5 Å². The zero-order valence-electron chi connectivity index (χ0n) is 16.1. The summed E-state index contributed by atoms with van der Waals surface area (Å²) in [6.07, 6.45) is 2.87. The molecule has 1 N–H and O–H groups in total. The summed E-state index contributed by atoms with van der Waals surface area (Å²) in [6.45, 7) is 0.339. The van der Waals surface area contributed by atoms with Gasteiger partial charge in [-0.05, 0) is 49.6 Å². The number of ether oxygens (including phenoxy) is 2. The zero-order valence-corrected chi connectivity index (χ0v) is 16.1. The Balaban J connectivity index is 1.58. The van der Waals surface area contributed by atoms with Crippen molar-refractivity contribution in [3.63, 3.8) is 0 Å². The minimum Gasteiger partial charge on any atom is -0.497 e. The van der Waals surface area contributed by atoms with Crippen LogP contribution >= 0.6 is 0 Å². The van der Waals surface area contributed by atoms with E-state index in [1.807, 2.05) is 53.2 Å². The number of methoxy groups -OCH3 is 2. The number of fused-ring (bicyclic) bond motifs is 1. The molecule has 1 amide bonds. The van der Waals surface area contributed by atoms with Gasteiger partial charge >= 0.3 is 0 Å². The Hall–Kier alpha value is -3.28. The first-order valence-corrected chi connectivity index (χ1v) is 9.36. The first-order valence-electron chi connectivity index (χ1n) is 9.36. The molecule has 0 radical (unpaired) electrons. The Kier molecular flexibility index (Phi) is 5.02. The lowest BCUT2D eigenvalue weighted by Crippen LogP contribution is -2.24. The highest BCUT2D eigenvalue weighted by Crippen LogP contribution is 2.28. The number of benzene rings is 2. The number of carbonyl (C=O) groups is 1. The van der Waals surface area contributed by atoms with E-state index in [2.05, 4.69) is 10.4 Å². The average molecular weight is 377 g/mol. The predicted molar refractivity (Wildman–Crippen MR) is 106 cm³/mol. The topological polar surface area (TPSA) is 65.4 Å². The lowest BCUT2D eigenvalue weighted by Gasteiger charge is -2.11. The number of hydrogen-bond donors (Lipinski definition) is 1. The summed E-state index contributed by atoms with van der Waals surface area (Å²) in [6, 6.07) is 15.5. The summed E-state index contributed by atoms with van der Waals surface area (Å²) in [4.78, 5) is 12.9. The molecule has 0 aliphatic heterocycles. The second kappa shape index (κ2) is 7.76. The van der Waals surface area contributed by atoms with Gasteiger partial charge < -0.3 is 14.8 Å². The molecule has 1 aliphatic carbocycles. The molecule has 144 valence electrons. The molecule has 0 bridgehead atoms. The van der Waals surface area contributed by atoms with Gasteiger partial charge in [-0.25, -0.2) is 4.68 Å². The van der Waals surface area contributed by atoms with E-state index in [0.717, 1.165) is 47.5 Å². The Morgan fingerprint density at radius 1 is 1.11 bits per heavy atom. The largest absolute Gasteiger partial charge is 0.497 e. The number of hydrogen-bond acceptors (Lipinski definition) is 4. The van der Waals surface area contributed by atoms with Gasteiger partial charge in [0.15, 0.2) is 5.69 Å². The van der Waals surface area contributed by atoms with Crippen molar-refractivity contribution in [2.45, 2.75) is 25.8 Å². The van der Waals surface area contributed by atoms with Crippen LogP contribution in [0.4, 0.5) is 0 Å². The van der Waals surface area contributed by atoms with Crippen LogP contribution in [0.1, 0.15) is 33.7 Å². The van der Waals surface area contributed by atoms with E-state index < -0.39 is 0 Å². The van der Waals surface area contributed by atoms with Crippen molar-refractivity contribution in [2.75, 3.05) is 14.2 Å². The van der Waals surface area contributed by atoms with Gasteiger partial charge in [0.2, 0.25) is 0 Å². The van der Waals surface area contributed by atoms with E-state index in [-0.39, 0.29) is 5.91 Å². The van der Waals surface area contributed by atoms with Crippen LogP contribution in [0.2, 0.25) is 0 Å². The molecule has 0 unspecified atom stereocenters. The van der Waals surface area contributed by atoms with Crippen molar-refractivity contribution in [3.05, 3.63) is 71.0 Å². The summed E-state index contributed by atoms with van der Waals surface area (Å²) in [5, 5.41) is 7.62. The van der Waals surface area contributed by atoms with Crippen LogP contribution in [-0.4, -0.2) is 29.9 Å². The van der Waals surface area contributed by atoms with Gasteiger partial charge in [0.1, 0.15) is 11.5 Å². The molecule has 0 saturated carbocycles. The molecule has 1 heterocycles. The first kappa shape index (κ1) is 18.1. The van der Waals surface area contributed by atoms with E-state index in [0.29, 0.717) is 18.0 Å². The molecule has 3 aromatic rings. The lowest BCUT2D eigenvalue weighted by atomic mass is 10.1. The van der Waals surface area contributed by atoms with Crippen molar-refractivity contribution in [2.24, 2.45) is 0 Å². The molecule has 28 heavy (non-hydrogen) atoms. The average Bonchev–Trinajstić information content (AvgIpc) is 3.35. The van der Waals surface area contributed by atoms with Crippen LogP contribution in [0.15, 0.2) is 48.5 Å². The maximum Gasteiger partial charge on any atom is 0.272 e. The normalized spacial score (nSPS) is 12.5. The number of amides is 1. The molecule has 6 heteroatoms. The standard InChI is InChI=1S/C22H23N3O3/c1-27-17-11-12-20(28-2)15(13-17)14-23-22(26)21-18-9-6-10-19(18)25(24-21)16-7-4-3-5-8-16/h3-5,7-8,11-13H,6,9-10,14H2,1-2H3,(H,23,26). The SMILES string of the molecule is COc1ccc(OC)c(CNC(=O)c2nn(-c3ccccc3)c3c2CCC3)c1.